The second-order valence-electron chi connectivity index (χ2n) is 5.28. The molecule has 118 valence electrons. The van der Waals surface area contributed by atoms with E-state index in [1.165, 1.54) is 24.3 Å². The first-order valence-electron chi connectivity index (χ1n) is 7.20. The molecule has 7 nitrogen and oxygen atoms in total. The SMILES string of the molecule is C[C@@H]1CCCCN1C(=O)COC(=O)c1ccccc1[N+](=O)[O-]. The summed E-state index contributed by atoms with van der Waals surface area (Å²) in [4.78, 5) is 35.9. The number of rotatable bonds is 4. The van der Waals surface area contributed by atoms with E-state index in [9.17, 15) is 19.7 Å². The zero-order valence-corrected chi connectivity index (χ0v) is 12.4. The Labute approximate surface area is 128 Å². The highest BCUT2D eigenvalue weighted by Crippen LogP contribution is 2.19. The lowest BCUT2D eigenvalue weighted by Gasteiger charge is -2.33. The number of amides is 1. The summed E-state index contributed by atoms with van der Waals surface area (Å²) in [5.41, 5.74) is -0.474. The predicted octanol–water partition coefficient (Wildman–Crippen LogP) is 2.15. The fourth-order valence-electron chi connectivity index (χ4n) is 2.56. The number of para-hydroxylation sites is 1. The van der Waals surface area contributed by atoms with Crippen LogP contribution >= 0.6 is 0 Å². The lowest BCUT2D eigenvalue weighted by Crippen LogP contribution is -2.44. The molecule has 1 fully saturated rings. The van der Waals surface area contributed by atoms with Gasteiger partial charge in [0.25, 0.3) is 11.6 Å². The van der Waals surface area contributed by atoms with Crippen molar-refractivity contribution in [3.63, 3.8) is 0 Å². The number of hydrogen-bond acceptors (Lipinski definition) is 5. The maximum Gasteiger partial charge on any atom is 0.345 e. The summed E-state index contributed by atoms with van der Waals surface area (Å²) in [7, 11) is 0. The summed E-state index contributed by atoms with van der Waals surface area (Å²) >= 11 is 0. The number of carbonyl (C=O) groups excluding carboxylic acids is 2. The Morgan fingerprint density at radius 2 is 2.09 bits per heavy atom. The Kier molecular flexibility index (Phi) is 5.08. The lowest BCUT2D eigenvalue weighted by atomic mass is 10.0. The van der Waals surface area contributed by atoms with Gasteiger partial charge in [-0.15, -0.1) is 0 Å². The van der Waals surface area contributed by atoms with Crippen LogP contribution in [0.2, 0.25) is 0 Å². The van der Waals surface area contributed by atoms with E-state index in [-0.39, 0.29) is 23.2 Å². The zero-order valence-electron chi connectivity index (χ0n) is 12.4. The third-order valence-electron chi connectivity index (χ3n) is 3.77. The minimum absolute atomic E-state index is 0.131. The number of nitro benzene ring substituents is 1. The van der Waals surface area contributed by atoms with Crippen LogP contribution < -0.4 is 0 Å². The van der Waals surface area contributed by atoms with Crippen molar-refractivity contribution >= 4 is 17.6 Å². The van der Waals surface area contributed by atoms with Gasteiger partial charge in [-0.3, -0.25) is 14.9 Å². The molecule has 0 aliphatic carbocycles. The highest BCUT2D eigenvalue weighted by molar-refractivity contribution is 5.95. The van der Waals surface area contributed by atoms with Crippen molar-refractivity contribution in [3.8, 4) is 0 Å². The maximum absolute atomic E-state index is 12.1. The normalized spacial score (nSPS) is 17.9. The molecule has 1 amide bonds. The predicted molar refractivity (Wildman–Crippen MR) is 78.4 cm³/mol. The Bertz CT molecular complexity index is 587. The quantitative estimate of drug-likeness (QED) is 0.483. The number of carbonyl (C=O) groups is 2. The number of likely N-dealkylation sites (tertiary alicyclic amines) is 1. The summed E-state index contributed by atoms with van der Waals surface area (Å²) in [5.74, 6) is -1.12. The molecule has 0 aromatic heterocycles. The molecule has 0 bridgehead atoms. The monoisotopic (exact) mass is 306 g/mol. The van der Waals surface area contributed by atoms with Crippen LogP contribution in [0.5, 0.6) is 0 Å². The molecule has 22 heavy (non-hydrogen) atoms. The average Bonchev–Trinajstić information content (AvgIpc) is 2.52. The van der Waals surface area contributed by atoms with E-state index in [0.717, 1.165) is 19.3 Å². The number of nitro groups is 1. The van der Waals surface area contributed by atoms with Gasteiger partial charge in [0.1, 0.15) is 5.56 Å². The van der Waals surface area contributed by atoms with Crippen molar-refractivity contribution in [3.05, 3.63) is 39.9 Å². The molecule has 0 unspecified atom stereocenters. The number of ether oxygens (including phenoxy) is 1. The molecule has 1 aliphatic heterocycles. The topological polar surface area (TPSA) is 89.8 Å². The van der Waals surface area contributed by atoms with Crippen LogP contribution in [0.3, 0.4) is 0 Å². The van der Waals surface area contributed by atoms with Crippen LogP contribution in [0, 0.1) is 10.1 Å². The Morgan fingerprint density at radius 1 is 1.36 bits per heavy atom. The molecule has 2 rings (SSSR count). The summed E-state index contributed by atoms with van der Waals surface area (Å²) in [6, 6.07) is 5.65. The van der Waals surface area contributed by atoms with Crippen LogP contribution in [-0.2, 0) is 9.53 Å². The van der Waals surface area contributed by atoms with Gasteiger partial charge in [-0.2, -0.15) is 0 Å². The third-order valence-corrected chi connectivity index (χ3v) is 3.77. The van der Waals surface area contributed by atoms with Crippen molar-refractivity contribution in [2.24, 2.45) is 0 Å². The molecule has 0 radical (unpaired) electrons. The Hall–Kier alpha value is -2.44. The Morgan fingerprint density at radius 3 is 2.77 bits per heavy atom. The second-order valence-corrected chi connectivity index (χ2v) is 5.28. The van der Waals surface area contributed by atoms with Crippen molar-refractivity contribution in [2.75, 3.05) is 13.2 Å². The minimum atomic E-state index is -0.856. The van der Waals surface area contributed by atoms with Gasteiger partial charge < -0.3 is 9.64 Å². The number of hydrogen-bond donors (Lipinski definition) is 0. The van der Waals surface area contributed by atoms with Crippen LogP contribution in [0.4, 0.5) is 5.69 Å². The molecule has 1 heterocycles. The first kappa shape index (κ1) is 15.9. The van der Waals surface area contributed by atoms with Crippen molar-refractivity contribution in [1.82, 2.24) is 4.90 Å². The number of benzene rings is 1. The minimum Gasteiger partial charge on any atom is -0.452 e. The van der Waals surface area contributed by atoms with E-state index < -0.39 is 17.5 Å². The third kappa shape index (κ3) is 3.60. The summed E-state index contributed by atoms with van der Waals surface area (Å²) in [6.45, 7) is 2.22. The summed E-state index contributed by atoms with van der Waals surface area (Å²) < 4.78 is 4.95. The van der Waals surface area contributed by atoms with Crippen LogP contribution in [-0.4, -0.2) is 40.9 Å². The van der Waals surface area contributed by atoms with E-state index in [0.29, 0.717) is 6.54 Å². The van der Waals surface area contributed by atoms with E-state index in [1.807, 2.05) is 6.92 Å². The second kappa shape index (κ2) is 7.02. The van der Waals surface area contributed by atoms with E-state index >= 15 is 0 Å². The molecule has 7 heteroatoms. The fourth-order valence-corrected chi connectivity index (χ4v) is 2.56. The molecular formula is C15H18N2O5. The van der Waals surface area contributed by atoms with E-state index in [4.69, 9.17) is 4.74 Å². The maximum atomic E-state index is 12.1. The zero-order chi connectivity index (χ0) is 16.1. The molecule has 0 N–H and O–H groups in total. The molecular weight excluding hydrogens is 288 g/mol. The van der Waals surface area contributed by atoms with Gasteiger partial charge in [-0.25, -0.2) is 4.79 Å². The molecule has 1 aromatic rings. The standard InChI is InChI=1S/C15H18N2O5/c1-11-6-4-5-9-16(11)14(18)10-22-15(19)12-7-2-3-8-13(12)17(20)21/h2-3,7-8,11H,4-6,9-10H2,1H3/t11-/m1/s1. The molecule has 1 saturated heterocycles. The smallest absolute Gasteiger partial charge is 0.345 e. The van der Waals surface area contributed by atoms with Crippen LogP contribution in [0.25, 0.3) is 0 Å². The average molecular weight is 306 g/mol. The number of piperidine rings is 1. The van der Waals surface area contributed by atoms with Crippen molar-refractivity contribution in [1.29, 1.82) is 0 Å². The Balaban J connectivity index is 1.98. The van der Waals surface area contributed by atoms with Gasteiger partial charge in [0.05, 0.1) is 4.92 Å². The van der Waals surface area contributed by atoms with Crippen molar-refractivity contribution in [2.45, 2.75) is 32.2 Å². The largest absolute Gasteiger partial charge is 0.452 e. The van der Waals surface area contributed by atoms with E-state index in [1.54, 1.807) is 4.90 Å². The highest BCUT2D eigenvalue weighted by atomic mass is 16.6. The molecule has 0 spiro atoms. The van der Waals surface area contributed by atoms with Gasteiger partial charge in [0.2, 0.25) is 0 Å². The molecule has 1 aromatic carbocycles. The number of esters is 1. The van der Waals surface area contributed by atoms with Crippen LogP contribution in [0.15, 0.2) is 24.3 Å². The first-order chi connectivity index (χ1) is 10.5. The molecule has 1 aliphatic rings. The first-order valence-corrected chi connectivity index (χ1v) is 7.20. The van der Waals surface area contributed by atoms with Gasteiger partial charge in [-0.05, 0) is 32.3 Å². The summed E-state index contributed by atoms with van der Waals surface area (Å²) in [5, 5.41) is 10.9. The lowest BCUT2D eigenvalue weighted by molar-refractivity contribution is -0.385. The van der Waals surface area contributed by atoms with Crippen LogP contribution in [0.1, 0.15) is 36.5 Å². The van der Waals surface area contributed by atoms with Gasteiger partial charge in [-0.1, -0.05) is 12.1 Å². The molecule has 0 saturated carbocycles. The summed E-state index contributed by atoms with van der Waals surface area (Å²) in [6.07, 6.45) is 2.96. The molecule has 1 atom stereocenters. The highest BCUT2D eigenvalue weighted by Gasteiger charge is 2.25. The fraction of sp³-hybridized carbons (Fsp3) is 0.467. The van der Waals surface area contributed by atoms with Crippen molar-refractivity contribution < 1.29 is 19.2 Å². The van der Waals surface area contributed by atoms with E-state index in [2.05, 4.69) is 0 Å². The van der Waals surface area contributed by atoms with Gasteiger partial charge >= 0.3 is 5.97 Å². The number of nitrogens with zero attached hydrogens (tertiary/aromatic N) is 2. The van der Waals surface area contributed by atoms with Gasteiger partial charge in [0.15, 0.2) is 6.61 Å². The van der Waals surface area contributed by atoms with Gasteiger partial charge in [0, 0.05) is 18.7 Å².